The molecule has 3 aliphatic rings. The third-order valence-electron chi connectivity index (χ3n) is 9.92. The zero-order chi connectivity index (χ0) is 32.5. The SMILES string of the molecule is CCOc1cc(C(=O)OC2C[C@H]3CN4CCc5c([nH]c6cc(OC)ccc56)[C@@H]4C[C@@H]3C(C(=O)OC)C2OC)cc(OCC)c1OC. The van der Waals surface area contributed by atoms with Crippen molar-refractivity contribution in [3.05, 3.63) is 47.2 Å². The van der Waals surface area contributed by atoms with Crippen LogP contribution in [-0.4, -0.2) is 88.8 Å². The summed E-state index contributed by atoms with van der Waals surface area (Å²) in [5.41, 5.74) is 3.85. The predicted octanol–water partition coefficient (Wildman–Crippen LogP) is 4.95. The Balaban J connectivity index is 1.29. The fourth-order valence-corrected chi connectivity index (χ4v) is 7.98. The molecule has 11 heteroatoms. The van der Waals surface area contributed by atoms with Crippen molar-refractivity contribution in [1.29, 1.82) is 0 Å². The van der Waals surface area contributed by atoms with Gasteiger partial charge in [-0.05, 0) is 74.8 Å². The minimum absolute atomic E-state index is 0.0180. The van der Waals surface area contributed by atoms with Crippen LogP contribution < -0.4 is 18.9 Å². The topological polar surface area (TPSA) is 118 Å². The molecule has 0 bridgehead atoms. The first kappa shape index (κ1) is 32.0. The van der Waals surface area contributed by atoms with Crippen LogP contribution >= 0.6 is 0 Å². The van der Waals surface area contributed by atoms with Crippen LogP contribution in [0.15, 0.2) is 30.3 Å². The number of rotatable bonds is 10. The molecule has 3 aromatic rings. The van der Waals surface area contributed by atoms with E-state index >= 15 is 0 Å². The second-order valence-corrected chi connectivity index (χ2v) is 12.1. The summed E-state index contributed by atoms with van der Waals surface area (Å²) in [5, 5.41) is 1.21. The van der Waals surface area contributed by atoms with Crippen LogP contribution in [-0.2, 0) is 25.4 Å². The predicted molar refractivity (Wildman–Crippen MR) is 170 cm³/mol. The molecule has 0 amide bonds. The molecule has 1 saturated heterocycles. The van der Waals surface area contributed by atoms with E-state index in [-0.39, 0.29) is 29.4 Å². The van der Waals surface area contributed by atoms with Gasteiger partial charge in [0, 0.05) is 42.9 Å². The number of ether oxygens (including phenoxy) is 7. The number of nitrogens with one attached hydrogen (secondary N) is 1. The fourth-order valence-electron chi connectivity index (χ4n) is 7.98. The van der Waals surface area contributed by atoms with Gasteiger partial charge < -0.3 is 38.1 Å². The molecule has 248 valence electrons. The van der Waals surface area contributed by atoms with Gasteiger partial charge in [0.25, 0.3) is 0 Å². The van der Waals surface area contributed by atoms with E-state index in [1.165, 1.54) is 30.9 Å². The van der Waals surface area contributed by atoms with Crippen molar-refractivity contribution in [3.63, 3.8) is 0 Å². The van der Waals surface area contributed by atoms with Crippen LogP contribution in [0, 0.1) is 17.8 Å². The van der Waals surface area contributed by atoms with Gasteiger partial charge in [0.05, 0.1) is 52.1 Å². The highest BCUT2D eigenvalue weighted by molar-refractivity contribution is 5.91. The molecular formula is C35H44N2O9. The summed E-state index contributed by atoms with van der Waals surface area (Å²) in [5.74, 6) is 0.583. The number of carbonyl (C=O) groups excluding carboxylic acids is 2. The van der Waals surface area contributed by atoms with Crippen molar-refractivity contribution >= 4 is 22.8 Å². The maximum atomic E-state index is 13.7. The van der Waals surface area contributed by atoms with Crippen molar-refractivity contribution in [2.75, 3.05) is 54.7 Å². The van der Waals surface area contributed by atoms with Gasteiger partial charge in [-0.2, -0.15) is 0 Å². The lowest BCUT2D eigenvalue weighted by molar-refractivity contribution is -0.176. The molecule has 46 heavy (non-hydrogen) atoms. The third-order valence-corrected chi connectivity index (χ3v) is 9.92. The highest BCUT2D eigenvalue weighted by Gasteiger charge is 2.54. The number of carbonyl (C=O) groups is 2. The number of methoxy groups -OCH3 is 4. The van der Waals surface area contributed by atoms with Gasteiger partial charge in [0.15, 0.2) is 11.5 Å². The fraction of sp³-hybridized carbons (Fsp3) is 0.543. The molecule has 11 nitrogen and oxygen atoms in total. The molecule has 1 aromatic heterocycles. The maximum Gasteiger partial charge on any atom is 0.338 e. The van der Waals surface area contributed by atoms with Gasteiger partial charge >= 0.3 is 11.9 Å². The maximum absolute atomic E-state index is 13.7. The second kappa shape index (κ2) is 13.4. The summed E-state index contributed by atoms with van der Waals surface area (Å²) < 4.78 is 40.0. The number of aromatic amines is 1. The lowest BCUT2D eigenvalue weighted by atomic mass is 9.63. The van der Waals surface area contributed by atoms with E-state index in [0.29, 0.717) is 36.9 Å². The number of nitrogens with zero attached hydrogens (tertiary/aromatic N) is 1. The van der Waals surface area contributed by atoms with Gasteiger partial charge in [0.2, 0.25) is 5.75 Å². The molecule has 2 fully saturated rings. The first-order chi connectivity index (χ1) is 22.3. The van der Waals surface area contributed by atoms with Crippen LogP contribution in [0.1, 0.15) is 54.3 Å². The standard InChI is InChI=1S/C35H44N2O9/c1-7-44-27-13-19(14-28(45-8-2)32(27)41-4)34(38)46-29-15-20-18-37-12-11-23-22-10-9-21(40-3)16-25(22)36-31(23)26(37)17-24(20)30(33(29)42-5)35(39)43-6/h9-10,13-14,16,20,24,26,29-30,33,36H,7-8,11-12,15,17-18H2,1-6H3/t20-,24-,26-,29?,30?,33?/m0/s1. The van der Waals surface area contributed by atoms with Crippen LogP contribution in [0.4, 0.5) is 0 Å². The molecule has 0 spiro atoms. The Morgan fingerprint density at radius 3 is 2.33 bits per heavy atom. The quantitative estimate of drug-likeness (QED) is 0.306. The van der Waals surface area contributed by atoms with Crippen molar-refractivity contribution in [2.45, 2.75) is 51.4 Å². The van der Waals surface area contributed by atoms with E-state index in [2.05, 4.69) is 16.0 Å². The zero-order valence-electron chi connectivity index (χ0n) is 27.4. The molecule has 2 aliphatic heterocycles. The Bertz CT molecular complexity index is 1560. The Morgan fingerprint density at radius 2 is 1.70 bits per heavy atom. The van der Waals surface area contributed by atoms with Gasteiger partial charge in [-0.15, -0.1) is 0 Å². The van der Waals surface area contributed by atoms with Gasteiger partial charge in [-0.3, -0.25) is 9.69 Å². The van der Waals surface area contributed by atoms with Crippen LogP contribution in [0.3, 0.4) is 0 Å². The van der Waals surface area contributed by atoms with E-state index in [0.717, 1.165) is 37.2 Å². The third kappa shape index (κ3) is 5.64. The van der Waals surface area contributed by atoms with E-state index in [9.17, 15) is 9.59 Å². The summed E-state index contributed by atoms with van der Waals surface area (Å²) in [7, 11) is 6.17. The molecule has 0 radical (unpaired) electrons. The average Bonchev–Trinajstić information content (AvgIpc) is 3.45. The number of hydrogen-bond donors (Lipinski definition) is 1. The van der Waals surface area contributed by atoms with Gasteiger partial charge in [-0.1, -0.05) is 0 Å². The summed E-state index contributed by atoms with van der Waals surface area (Å²) in [4.78, 5) is 33.4. The van der Waals surface area contributed by atoms with Gasteiger partial charge in [0.1, 0.15) is 18.0 Å². The molecular weight excluding hydrogens is 592 g/mol. The highest BCUT2D eigenvalue weighted by atomic mass is 16.6. The second-order valence-electron chi connectivity index (χ2n) is 12.1. The number of hydrogen-bond acceptors (Lipinski definition) is 10. The van der Waals surface area contributed by atoms with Crippen molar-refractivity contribution in [3.8, 4) is 23.0 Å². The summed E-state index contributed by atoms with van der Waals surface area (Å²) >= 11 is 0. The molecule has 6 atom stereocenters. The molecule has 1 aliphatic carbocycles. The Labute approximate surface area is 269 Å². The number of esters is 2. The largest absolute Gasteiger partial charge is 0.497 e. The van der Waals surface area contributed by atoms with Crippen LogP contribution in [0.5, 0.6) is 23.0 Å². The van der Waals surface area contributed by atoms with Crippen LogP contribution in [0.2, 0.25) is 0 Å². The molecule has 3 unspecified atom stereocenters. The first-order valence-corrected chi connectivity index (χ1v) is 16.1. The van der Waals surface area contributed by atoms with E-state index in [4.69, 9.17) is 33.2 Å². The first-order valence-electron chi connectivity index (χ1n) is 16.1. The molecule has 1 N–H and O–H groups in total. The molecule has 3 heterocycles. The lowest BCUT2D eigenvalue weighted by Gasteiger charge is -2.52. The number of aromatic nitrogens is 1. The average molecular weight is 637 g/mol. The normalized spacial score (nSPS) is 25.5. The number of benzene rings is 2. The van der Waals surface area contributed by atoms with Crippen LogP contribution in [0.25, 0.3) is 10.9 Å². The molecule has 6 rings (SSSR count). The number of piperidine rings is 1. The molecule has 1 saturated carbocycles. The summed E-state index contributed by atoms with van der Waals surface area (Å²) in [6, 6.07) is 9.50. The number of H-pyrrole nitrogens is 1. The minimum atomic E-state index is -0.671. The Kier molecular flexibility index (Phi) is 9.33. The van der Waals surface area contributed by atoms with E-state index in [1.54, 1.807) is 26.4 Å². The monoisotopic (exact) mass is 636 g/mol. The zero-order valence-corrected chi connectivity index (χ0v) is 27.4. The number of fused-ring (bicyclic) bond motifs is 6. The summed E-state index contributed by atoms with van der Waals surface area (Å²) in [6.07, 6.45) is 0.922. The summed E-state index contributed by atoms with van der Waals surface area (Å²) in [6.45, 7) is 6.15. The Hall–Kier alpha value is -3.96. The van der Waals surface area contributed by atoms with Gasteiger partial charge in [-0.25, -0.2) is 4.79 Å². The lowest BCUT2D eigenvalue weighted by Crippen LogP contribution is -2.58. The van der Waals surface area contributed by atoms with Crippen molar-refractivity contribution in [2.24, 2.45) is 17.8 Å². The smallest absolute Gasteiger partial charge is 0.338 e. The van der Waals surface area contributed by atoms with Crippen molar-refractivity contribution < 1.29 is 42.7 Å². The Morgan fingerprint density at radius 1 is 0.957 bits per heavy atom. The molecule has 2 aromatic carbocycles. The van der Waals surface area contributed by atoms with Crippen molar-refractivity contribution in [1.82, 2.24) is 9.88 Å². The van der Waals surface area contributed by atoms with E-state index in [1.807, 2.05) is 26.0 Å². The highest BCUT2D eigenvalue weighted by Crippen LogP contribution is 2.51. The minimum Gasteiger partial charge on any atom is -0.497 e. The van der Waals surface area contributed by atoms with E-state index < -0.39 is 24.1 Å².